The highest BCUT2D eigenvalue weighted by Gasteiger charge is 2.15. The second kappa shape index (κ2) is 9.36. The lowest BCUT2D eigenvalue weighted by Gasteiger charge is -2.16. The van der Waals surface area contributed by atoms with E-state index >= 15 is 0 Å². The van der Waals surface area contributed by atoms with Crippen LogP contribution in [0.2, 0.25) is 0 Å². The van der Waals surface area contributed by atoms with Gasteiger partial charge in [0.2, 0.25) is 0 Å². The molecule has 2 aromatic rings. The Kier molecular flexibility index (Phi) is 6.91. The van der Waals surface area contributed by atoms with Crippen molar-refractivity contribution in [3.05, 3.63) is 59.8 Å². The lowest BCUT2D eigenvalue weighted by atomic mass is 10.0. The van der Waals surface area contributed by atoms with E-state index in [9.17, 15) is 9.90 Å². The Labute approximate surface area is 153 Å². The fourth-order valence-electron chi connectivity index (χ4n) is 2.53. The van der Waals surface area contributed by atoms with Gasteiger partial charge in [-0.2, -0.15) is 0 Å². The molecule has 0 bridgehead atoms. The first kappa shape index (κ1) is 19.2. The van der Waals surface area contributed by atoms with Gasteiger partial charge in [0.05, 0.1) is 19.8 Å². The number of para-hydroxylation sites is 1. The minimum Gasteiger partial charge on any atom is -0.494 e. The molecule has 6 heteroatoms. The molecule has 0 fully saturated rings. The van der Waals surface area contributed by atoms with Gasteiger partial charge in [0, 0.05) is 24.9 Å². The average Bonchev–Trinajstić information content (AvgIpc) is 2.66. The molecule has 0 aliphatic rings. The molecule has 3 N–H and O–H groups in total. The van der Waals surface area contributed by atoms with Gasteiger partial charge in [-0.15, -0.1) is 0 Å². The molecule has 26 heavy (non-hydrogen) atoms. The van der Waals surface area contributed by atoms with E-state index in [0.717, 1.165) is 16.9 Å². The van der Waals surface area contributed by atoms with E-state index in [4.69, 9.17) is 9.47 Å². The van der Waals surface area contributed by atoms with Crippen LogP contribution in [0.5, 0.6) is 11.5 Å². The van der Waals surface area contributed by atoms with Gasteiger partial charge in [0.15, 0.2) is 0 Å². The fourth-order valence-corrected chi connectivity index (χ4v) is 2.53. The molecule has 0 aliphatic heterocycles. The van der Waals surface area contributed by atoms with Crippen molar-refractivity contribution in [2.45, 2.75) is 13.3 Å². The van der Waals surface area contributed by atoms with Gasteiger partial charge >= 0.3 is 5.97 Å². The predicted molar refractivity (Wildman–Crippen MR) is 103 cm³/mol. The summed E-state index contributed by atoms with van der Waals surface area (Å²) in [5.74, 6) is 0.242. The van der Waals surface area contributed by atoms with Gasteiger partial charge in [-0.1, -0.05) is 18.2 Å². The van der Waals surface area contributed by atoms with Crippen LogP contribution in [0, 0.1) is 0 Å². The van der Waals surface area contributed by atoms with Crippen LogP contribution in [-0.4, -0.2) is 31.8 Å². The Bertz CT molecular complexity index is 748. The lowest BCUT2D eigenvalue weighted by Crippen LogP contribution is -2.08. The second-order valence-corrected chi connectivity index (χ2v) is 5.57. The molecule has 0 saturated heterocycles. The smallest absolute Gasteiger partial charge is 0.333 e. The Balaban J connectivity index is 2.29. The number of anilines is 2. The summed E-state index contributed by atoms with van der Waals surface area (Å²) >= 11 is 0. The van der Waals surface area contributed by atoms with Crippen molar-refractivity contribution < 1.29 is 19.4 Å². The molecule has 0 saturated carbocycles. The van der Waals surface area contributed by atoms with Gasteiger partial charge in [0.25, 0.3) is 0 Å². The Hall–Kier alpha value is -3.15. The monoisotopic (exact) mass is 356 g/mol. The molecular weight excluding hydrogens is 332 g/mol. The molecule has 0 heterocycles. The van der Waals surface area contributed by atoms with Gasteiger partial charge in [0.1, 0.15) is 17.2 Å². The highest BCUT2D eigenvalue weighted by Crippen LogP contribution is 2.36. The van der Waals surface area contributed by atoms with Crippen molar-refractivity contribution in [3.63, 3.8) is 0 Å². The number of ether oxygens (including phenoxy) is 2. The number of rotatable bonds is 9. The maximum absolute atomic E-state index is 11.6. The fraction of sp³-hybridized carbons (Fsp3) is 0.250. The number of hydrogen-bond acceptors (Lipinski definition) is 5. The van der Waals surface area contributed by atoms with Crippen LogP contribution < -0.4 is 20.1 Å². The molecule has 0 unspecified atom stereocenters. The minimum atomic E-state index is -0.984. The molecule has 0 aliphatic carbocycles. The molecule has 6 nitrogen and oxygen atoms in total. The molecule has 0 radical (unpaired) electrons. The Morgan fingerprint density at radius 3 is 2.23 bits per heavy atom. The Morgan fingerprint density at radius 2 is 1.73 bits per heavy atom. The number of methoxy groups -OCH3 is 2. The summed E-state index contributed by atoms with van der Waals surface area (Å²) < 4.78 is 10.9. The molecule has 0 atom stereocenters. The van der Waals surface area contributed by atoms with Crippen LogP contribution in [0.25, 0.3) is 0 Å². The zero-order valence-electron chi connectivity index (χ0n) is 15.2. The molecule has 0 amide bonds. The predicted octanol–water partition coefficient (Wildman–Crippen LogP) is 3.76. The van der Waals surface area contributed by atoms with Crippen LogP contribution in [-0.2, 0) is 11.2 Å². The lowest BCUT2D eigenvalue weighted by molar-refractivity contribution is -0.132. The van der Waals surface area contributed by atoms with Crippen LogP contribution in [0.4, 0.5) is 11.4 Å². The maximum Gasteiger partial charge on any atom is 0.333 e. The number of carbonyl (C=O) groups is 1. The summed E-state index contributed by atoms with van der Waals surface area (Å²) in [5.41, 5.74) is 2.59. The summed E-state index contributed by atoms with van der Waals surface area (Å²) in [6.45, 7) is 2.70. The van der Waals surface area contributed by atoms with E-state index in [1.54, 1.807) is 14.2 Å². The largest absolute Gasteiger partial charge is 0.494 e. The molecule has 2 aromatic carbocycles. The van der Waals surface area contributed by atoms with Gasteiger partial charge in [-0.3, -0.25) is 0 Å². The number of benzene rings is 2. The number of nitrogens with one attached hydrogen (secondary N) is 2. The van der Waals surface area contributed by atoms with Crippen molar-refractivity contribution in [1.29, 1.82) is 0 Å². The van der Waals surface area contributed by atoms with Gasteiger partial charge in [-0.05, 0) is 36.8 Å². The van der Waals surface area contributed by atoms with E-state index < -0.39 is 5.97 Å². The SMILES string of the molecule is CCNc1c(OC)cc(CC(=CNc2ccccc2)C(=O)O)cc1OC. The number of carboxylic acids is 1. The van der Waals surface area contributed by atoms with Crippen molar-refractivity contribution in [3.8, 4) is 11.5 Å². The average molecular weight is 356 g/mol. The van der Waals surface area contributed by atoms with Crippen molar-refractivity contribution in [2.24, 2.45) is 0 Å². The van der Waals surface area contributed by atoms with E-state index in [2.05, 4.69) is 10.6 Å². The van der Waals surface area contributed by atoms with Crippen LogP contribution in [0.3, 0.4) is 0 Å². The zero-order valence-corrected chi connectivity index (χ0v) is 15.2. The topological polar surface area (TPSA) is 79.8 Å². The summed E-state index contributed by atoms with van der Waals surface area (Å²) in [6, 6.07) is 13.0. The molecule has 0 spiro atoms. The second-order valence-electron chi connectivity index (χ2n) is 5.57. The van der Waals surface area contributed by atoms with Crippen molar-refractivity contribution >= 4 is 17.3 Å². The van der Waals surface area contributed by atoms with Gasteiger partial charge < -0.3 is 25.2 Å². The first-order valence-electron chi connectivity index (χ1n) is 8.31. The third kappa shape index (κ3) is 4.92. The van der Waals surface area contributed by atoms with Crippen LogP contribution >= 0.6 is 0 Å². The zero-order chi connectivity index (χ0) is 18.9. The standard InChI is InChI=1S/C20H24N2O4/c1-4-21-19-17(25-2)11-14(12-18(19)26-3)10-15(20(23)24)13-22-16-8-6-5-7-9-16/h5-9,11-13,21-22H,4,10H2,1-3H3,(H,23,24). The van der Waals surface area contributed by atoms with Gasteiger partial charge in [-0.25, -0.2) is 4.79 Å². The molecular formula is C20H24N2O4. The summed E-state index contributed by atoms with van der Waals surface area (Å²) in [7, 11) is 3.15. The first-order chi connectivity index (χ1) is 12.6. The number of aliphatic carboxylic acids is 1. The number of carboxylic acid groups (broad SMARTS) is 1. The quantitative estimate of drug-likeness (QED) is 0.594. The third-order valence-corrected chi connectivity index (χ3v) is 3.78. The molecule has 2 rings (SSSR count). The maximum atomic E-state index is 11.6. The molecule has 138 valence electrons. The third-order valence-electron chi connectivity index (χ3n) is 3.78. The molecule has 0 aromatic heterocycles. The van der Waals surface area contributed by atoms with Crippen molar-refractivity contribution in [1.82, 2.24) is 0 Å². The summed E-state index contributed by atoms with van der Waals surface area (Å²) in [6.07, 6.45) is 1.74. The highest BCUT2D eigenvalue weighted by molar-refractivity contribution is 5.87. The summed E-state index contributed by atoms with van der Waals surface area (Å²) in [4.78, 5) is 11.6. The Morgan fingerprint density at radius 1 is 1.12 bits per heavy atom. The normalized spacial score (nSPS) is 11.0. The van der Waals surface area contributed by atoms with Crippen LogP contribution in [0.1, 0.15) is 12.5 Å². The highest BCUT2D eigenvalue weighted by atomic mass is 16.5. The minimum absolute atomic E-state index is 0.230. The van der Waals surface area contributed by atoms with E-state index in [-0.39, 0.29) is 12.0 Å². The van der Waals surface area contributed by atoms with E-state index in [0.29, 0.717) is 18.0 Å². The summed E-state index contributed by atoms with van der Waals surface area (Å²) in [5, 5.41) is 15.7. The van der Waals surface area contributed by atoms with Crippen molar-refractivity contribution in [2.75, 3.05) is 31.4 Å². The van der Waals surface area contributed by atoms with Crippen LogP contribution in [0.15, 0.2) is 54.2 Å². The number of hydrogen-bond donors (Lipinski definition) is 3. The van der Waals surface area contributed by atoms with E-state index in [1.165, 1.54) is 6.20 Å². The van der Waals surface area contributed by atoms with E-state index in [1.807, 2.05) is 49.4 Å². The first-order valence-corrected chi connectivity index (χ1v) is 8.31.